The fourth-order valence-corrected chi connectivity index (χ4v) is 3.58. The average Bonchev–Trinajstić information content (AvgIpc) is 3.06. The van der Waals surface area contributed by atoms with Crippen LogP contribution in [0.1, 0.15) is 30.4 Å². The minimum absolute atomic E-state index is 0. The number of unbranched alkanes of at least 4 members (excludes halogenated alkanes) is 1. The molecule has 2 aliphatic rings. The lowest BCUT2D eigenvalue weighted by atomic mass is 10.0. The quantitative estimate of drug-likeness (QED) is 0.845. The third kappa shape index (κ3) is 4.23. The Morgan fingerprint density at radius 2 is 1.77 bits per heavy atom. The van der Waals surface area contributed by atoms with Gasteiger partial charge in [-0.1, -0.05) is 29.8 Å². The van der Waals surface area contributed by atoms with Crippen molar-refractivity contribution in [3.8, 4) is 0 Å². The van der Waals surface area contributed by atoms with E-state index in [1.807, 2.05) is 0 Å². The molecule has 2 saturated heterocycles. The topological polar surface area (TPSA) is 32.3 Å². The zero-order chi connectivity index (χ0) is 14.7. The molecule has 3 rings (SSSR count). The van der Waals surface area contributed by atoms with Crippen molar-refractivity contribution in [3.63, 3.8) is 0 Å². The lowest BCUT2D eigenvalue weighted by Gasteiger charge is -2.17. The van der Waals surface area contributed by atoms with Crippen LogP contribution in [-0.4, -0.2) is 37.0 Å². The molecule has 1 aromatic carbocycles. The van der Waals surface area contributed by atoms with Gasteiger partial charge >= 0.3 is 0 Å². The maximum Gasteiger partial charge on any atom is 0.222 e. The normalized spacial score (nSPS) is 23.2. The van der Waals surface area contributed by atoms with Gasteiger partial charge in [0.15, 0.2) is 0 Å². The van der Waals surface area contributed by atoms with Crippen LogP contribution in [0.25, 0.3) is 0 Å². The Balaban J connectivity index is 0.00000176. The molecular weight excluding hydrogens is 296 g/mol. The monoisotopic (exact) mass is 322 g/mol. The van der Waals surface area contributed by atoms with E-state index in [4.69, 9.17) is 0 Å². The molecule has 22 heavy (non-hydrogen) atoms. The van der Waals surface area contributed by atoms with E-state index in [9.17, 15) is 4.79 Å². The average molecular weight is 323 g/mol. The highest BCUT2D eigenvalue weighted by Gasteiger charge is 2.37. The molecule has 0 spiro atoms. The number of aryl methyl sites for hydroxylation is 2. The first-order valence-corrected chi connectivity index (χ1v) is 8.26. The molecule has 0 bridgehead atoms. The smallest absolute Gasteiger partial charge is 0.222 e. The van der Waals surface area contributed by atoms with E-state index in [1.165, 1.54) is 11.1 Å². The molecule has 2 atom stereocenters. The van der Waals surface area contributed by atoms with Crippen LogP contribution in [0.2, 0.25) is 0 Å². The zero-order valence-electron chi connectivity index (χ0n) is 13.4. The van der Waals surface area contributed by atoms with Crippen molar-refractivity contribution in [1.82, 2.24) is 10.2 Å². The fourth-order valence-electron chi connectivity index (χ4n) is 3.58. The van der Waals surface area contributed by atoms with Crippen LogP contribution < -0.4 is 5.32 Å². The Bertz CT molecular complexity index is 476. The lowest BCUT2D eigenvalue weighted by Crippen LogP contribution is -2.31. The van der Waals surface area contributed by atoms with Gasteiger partial charge in [0.25, 0.3) is 0 Å². The molecule has 0 aliphatic carbocycles. The van der Waals surface area contributed by atoms with Gasteiger partial charge in [-0.15, -0.1) is 12.4 Å². The predicted octanol–water partition coefficient (Wildman–Crippen LogP) is 2.81. The predicted molar refractivity (Wildman–Crippen MR) is 92.4 cm³/mol. The second-order valence-corrected chi connectivity index (χ2v) is 6.67. The van der Waals surface area contributed by atoms with Crippen molar-refractivity contribution in [2.24, 2.45) is 11.8 Å². The Labute approximate surface area is 139 Å². The van der Waals surface area contributed by atoms with Gasteiger partial charge in [0, 0.05) is 32.6 Å². The highest BCUT2D eigenvalue weighted by molar-refractivity contribution is 5.85. The number of rotatable bonds is 5. The van der Waals surface area contributed by atoms with E-state index in [0.717, 1.165) is 51.9 Å². The summed E-state index contributed by atoms with van der Waals surface area (Å²) in [6.07, 6.45) is 3.93. The first kappa shape index (κ1) is 17.3. The van der Waals surface area contributed by atoms with Crippen LogP contribution in [0, 0.1) is 18.8 Å². The third-order valence-corrected chi connectivity index (χ3v) is 4.97. The Morgan fingerprint density at radius 1 is 1.14 bits per heavy atom. The molecule has 2 aliphatic heterocycles. The van der Waals surface area contributed by atoms with Gasteiger partial charge in [-0.2, -0.15) is 0 Å². The Hall–Kier alpha value is -1.06. The van der Waals surface area contributed by atoms with Crippen LogP contribution in [0.5, 0.6) is 0 Å². The summed E-state index contributed by atoms with van der Waals surface area (Å²) in [4.78, 5) is 14.3. The van der Waals surface area contributed by atoms with Crippen LogP contribution in [-0.2, 0) is 11.2 Å². The van der Waals surface area contributed by atoms with Crippen LogP contribution in [0.4, 0.5) is 0 Å². The van der Waals surface area contributed by atoms with Crippen molar-refractivity contribution < 1.29 is 4.79 Å². The van der Waals surface area contributed by atoms with Gasteiger partial charge in [-0.25, -0.2) is 0 Å². The minimum atomic E-state index is 0. The summed E-state index contributed by atoms with van der Waals surface area (Å²) in [6, 6.07) is 8.73. The summed E-state index contributed by atoms with van der Waals surface area (Å²) in [5, 5.41) is 3.42. The summed E-state index contributed by atoms with van der Waals surface area (Å²) < 4.78 is 0. The number of halogens is 1. The van der Waals surface area contributed by atoms with Gasteiger partial charge in [-0.05, 0) is 43.6 Å². The molecule has 1 amide bonds. The summed E-state index contributed by atoms with van der Waals surface area (Å²) in [5.41, 5.74) is 2.69. The van der Waals surface area contributed by atoms with Gasteiger partial charge in [-0.3, -0.25) is 4.79 Å². The zero-order valence-corrected chi connectivity index (χ0v) is 14.2. The van der Waals surface area contributed by atoms with E-state index in [2.05, 4.69) is 41.4 Å². The number of hydrogen-bond donors (Lipinski definition) is 1. The number of fused-ring (bicyclic) bond motifs is 1. The highest BCUT2D eigenvalue weighted by atomic mass is 35.5. The molecule has 1 aromatic rings. The van der Waals surface area contributed by atoms with E-state index in [-0.39, 0.29) is 12.4 Å². The molecule has 2 heterocycles. The maximum atomic E-state index is 12.2. The molecule has 0 saturated carbocycles. The van der Waals surface area contributed by atoms with Crippen molar-refractivity contribution in [1.29, 1.82) is 0 Å². The molecule has 4 heteroatoms. The van der Waals surface area contributed by atoms with Gasteiger partial charge in [0.05, 0.1) is 0 Å². The Morgan fingerprint density at radius 3 is 2.41 bits per heavy atom. The maximum absolute atomic E-state index is 12.2. The molecule has 0 unspecified atom stereocenters. The van der Waals surface area contributed by atoms with Crippen molar-refractivity contribution in [3.05, 3.63) is 35.4 Å². The van der Waals surface area contributed by atoms with E-state index in [0.29, 0.717) is 17.7 Å². The number of carbonyl (C=O) groups is 1. The van der Waals surface area contributed by atoms with Crippen molar-refractivity contribution in [2.45, 2.75) is 32.6 Å². The number of carbonyl (C=O) groups excluding carboxylic acids is 1. The fraction of sp³-hybridized carbons (Fsp3) is 0.611. The standard InChI is InChI=1S/C18H26N2O.ClH/c1-14-6-8-15(9-7-14)4-2-3-5-18(21)20-12-16-10-19-11-17(16)13-20;/h6-9,16-17,19H,2-5,10-13H2,1H3;1H/t16-,17+;. The third-order valence-electron chi connectivity index (χ3n) is 4.97. The summed E-state index contributed by atoms with van der Waals surface area (Å²) >= 11 is 0. The molecule has 122 valence electrons. The molecule has 0 radical (unpaired) electrons. The van der Waals surface area contributed by atoms with Gasteiger partial charge < -0.3 is 10.2 Å². The molecule has 3 nitrogen and oxygen atoms in total. The number of likely N-dealkylation sites (tertiary alicyclic amines) is 1. The largest absolute Gasteiger partial charge is 0.342 e. The van der Waals surface area contributed by atoms with E-state index >= 15 is 0 Å². The SMILES string of the molecule is Cc1ccc(CCCCC(=O)N2C[C@H]3CNC[C@H]3C2)cc1.Cl. The number of nitrogens with one attached hydrogen (secondary N) is 1. The molecular formula is C18H27ClN2O. The summed E-state index contributed by atoms with van der Waals surface area (Å²) in [7, 11) is 0. The Kier molecular flexibility index (Phi) is 6.27. The first-order valence-electron chi connectivity index (χ1n) is 8.26. The van der Waals surface area contributed by atoms with Crippen LogP contribution in [0.3, 0.4) is 0 Å². The summed E-state index contributed by atoms with van der Waals surface area (Å²) in [6.45, 7) is 6.27. The highest BCUT2D eigenvalue weighted by Crippen LogP contribution is 2.26. The number of benzene rings is 1. The molecule has 1 N–H and O–H groups in total. The van der Waals surface area contributed by atoms with Crippen molar-refractivity contribution in [2.75, 3.05) is 26.2 Å². The van der Waals surface area contributed by atoms with Crippen molar-refractivity contribution >= 4 is 18.3 Å². The molecule has 0 aromatic heterocycles. The first-order chi connectivity index (χ1) is 10.2. The number of hydrogen-bond acceptors (Lipinski definition) is 2. The van der Waals surface area contributed by atoms with Crippen LogP contribution >= 0.6 is 12.4 Å². The second-order valence-electron chi connectivity index (χ2n) is 6.67. The lowest BCUT2D eigenvalue weighted by molar-refractivity contribution is -0.130. The van der Waals surface area contributed by atoms with E-state index < -0.39 is 0 Å². The minimum Gasteiger partial charge on any atom is -0.342 e. The van der Waals surface area contributed by atoms with E-state index in [1.54, 1.807) is 0 Å². The number of nitrogens with zero attached hydrogens (tertiary/aromatic N) is 1. The second kappa shape index (κ2) is 7.98. The van der Waals surface area contributed by atoms with Crippen LogP contribution in [0.15, 0.2) is 24.3 Å². The number of amides is 1. The van der Waals surface area contributed by atoms with Gasteiger partial charge in [0.2, 0.25) is 5.91 Å². The molecule has 2 fully saturated rings. The summed E-state index contributed by atoms with van der Waals surface area (Å²) in [5.74, 6) is 1.79. The van der Waals surface area contributed by atoms with Gasteiger partial charge in [0.1, 0.15) is 0 Å².